The van der Waals surface area contributed by atoms with E-state index in [1.54, 1.807) is 26.8 Å². The number of halogens is 1. The van der Waals surface area contributed by atoms with Gasteiger partial charge in [0.25, 0.3) is 0 Å². The second kappa shape index (κ2) is 7.74. The lowest BCUT2D eigenvalue weighted by atomic mass is 10.2. The Kier molecular flexibility index (Phi) is 6.30. The fourth-order valence-electron chi connectivity index (χ4n) is 1.55. The highest BCUT2D eigenvalue weighted by molar-refractivity contribution is 5.80. The number of nitrogens with one attached hydrogen (secondary N) is 1. The van der Waals surface area contributed by atoms with Crippen LogP contribution in [0.4, 0.5) is 9.18 Å². The summed E-state index contributed by atoms with van der Waals surface area (Å²) in [5.41, 5.74) is -0.156. The molecule has 0 unspecified atom stereocenters. The van der Waals surface area contributed by atoms with Gasteiger partial charge >= 0.3 is 12.1 Å². The number of benzene rings is 1. The zero-order valence-corrected chi connectivity index (χ0v) is 12.8. The molecule has 1 aromatic rings. The third-order valence-corrected chi connectivity index (χ3v) is 2.43. The van der Waals surface area contributed by atoms with Gasteiger partial charge in [-0.1, -0.05) is 12.1 Å². The van der Waals surface area contributed by atoms with Gasteiger partial charge in [-0.05, 0) is 38.5 Å². The first kappa shape index (κ1) is 17.9. The van der Waals surface area contributed by atoms with Gasteiger partial charge in [0.1, 0.15) is 11.4 Å². The lowest BCUT2D eigenvalue weighted by Crippen LogP contribution is -2.46. The molecule has 0 fully saturated rings. The van der Waals surface area contributed by atoms with Crippen molar-refractivity contribution in [1.29, 1.82) is 0 Å². The van der Waals surface area contributed by atoms with E-state index < -0.39 is 29.5 Å². The normalized spacial score (nSPS) is 12.5. The third kappa shape index (κ3) is 7.03. The molecule has 0 aromatic heterocycles. The van der Waals surface area contributed by atoms with Gasteiger partial charge in [0, 0.05) is 0 Å². The Morgan fingerprint density at radius 3 is 2.59 bits per heavy atom. The third-order valence-electron chi connectivity index (χ3n) is 2.43. The van der Waals surface area contributed by atoms with Gasteiger partial charge in [-0.3, -0.25) is 0 Å². The van der Waals surface area contributed by atoms with Crippen LogP contribution in [0.1, 0.15) is 26.3 Å². The van der Waals surface area contributed by atoms with Crippen molar-refractivity contribution in [2.45, 2.75) is 39.0 Å². The molecule has 1 amide bonds. The van der Waals surface area contributed by atoms with Gasteiger partial charge in [-0.15, -0.1) is 0 Å². The van der Waals surface area contributed by atoms with Crippen LogP contribution in [0.2, 0.25) is 0 Å². The SMILES string of the molecule is CC(C)(C)OC(=O)N[C@H](COCc1cccc(F)c1)C(=O)O. The van der Waals surface area contributed by atoms with Gasteiger partial charge in [0.2, 0.25) is 0 Å². The number of carbonyl (C=O) groups is 2. The predicted octanol–water partition coefficient (Wildman–Crippen LogP) is 2.32. The molecule has 0 saturated carbocycles. The van der Waals surface area contributed by atoms with E-state index in [0.29, 0.717) is 5.56 Å². The molecule has 0 aliphatic carbocycles. The number of alkyl carbamates (subject to hydrolysis) is 1. The maximum atomic E-state index is 13.0. The molecule has 7 heteroatoms. The number of hydrogen-bond acceptors (Lipinski definition) is 4. The number of rotatable bonds is 6. The Hall–Kier alpha value is -2.15. The molecule has 22 heavy (non-hydrogen) atoms. The van der Waals surface area contributed by atoms with Crippen molar-refractivity contribution >= 4 is 12.1 Å². The molecule has 0 spiro atoms. The molecule has 0 aliphatic rings. The Morgan fingerprint density at radius 1 is 1.36 bits per heavy atom. The summed E-state index contributed by atoms with van der Waals surface area (Å²) in [7, 11) is 0. The molecule has 0 saturated heterocycles. The van der Waals surface area contributed by atoms with Gasteiger partial charge in [-0.25, -0.2) is 14.0 Å². The minimum absolute atomic E-state index is 0.0392. The number of carboxylic acid groups (broad SMARTS) is 1. The average Bonchev–Trinajstić information content (AvgIpc) is 2.35. The summed E-state index contributed by atoms with van der Waals surface area (Å²) in [6.45, 7) is 4.79. The van der Waals surface area contributed by atoms with Crippen molar-refractivity contribution in [3.05, 3.63) is 35.6 Å². The fraction of sp³-hybridized carbons (Fsp3) is 0.467. The molecule has 6 nitrogen and oxygen atoms in total. The minimum atomic E-state index is -1.25. The monoisotopic (exact) mass is 313 g/mol. The average molecular weight is 313 g/mol. The van der Waals surface area contributed by atoms with Crippen LogP contribution in [-0.4, -0.2) is 35.4 Å². The molecule has 0 heterocycles. The minimum Gasteiger partial charge on any atom is -0.480 e. The molecule has 2 N–H and O–H groups in total. The van der Waals surface area contributed by atoms with Crippen molar-refractivity contribution in [2.24, 2.45) is 0 Å². The lowest BCUT2D eigenvalue weighted by Gasteiger charge is -2.22. The quantitative estimate of drug-likeness (QED) is 0.842. The van der Waals surface area contributed by atoms with Crippen molar-refractivity contribution < 1.29 is 28.6 Å². The molecule has 1 aromatic carbocycles. The smallest absolute Gasteiger partial charge is 0.408 e. The van der Waals surface area contributed by atoms with Gasteiger partial charge in [0.15, 0.2) is 6.04 Å². The van der Waals surface area contributed by atoms with E-state index in [-0.39, 0.29) is 13.2 Å². The topological polar surface area (TPSA) is 84.9 Å². The standard InChI is InChI=1S/C15H20FNO5/c1-15(2,3)22-14(20)17-12(13(18)19)9-21-8-10-5-4-6-11(16)7-10/h4-7,12H,8-9H2,1-3H3,(H,17,20)(H,18,19)/t12-/m1/s1. The number of ether oxygens (including phenoxy) is 2. The predicted molar refractivity (Wildman–Crippen MR) is 76.8 cm³/mol. The summed E-state index contributed by atoms with van der Waals surface area (Å²) in [5.74, 6) is -1.65. The van der Waals surface area contributed by atoms with Gasteiger partial charge < -0.3 is 19.9 Å². The van der Waals surface area contributed by atoms with Crippen LogP contribution in [0.5, 0.6) is 0 Å². The Labute approximate surface area is 128 Å². The molecule has 122 valence electrons. The van der Waals surface area contributed by atoms with Gasteiger partial charge in [0.05, 0.1) is 13.2 Å². The molecular weight excluding hydrogens is 293 g/mol. The van der Waals surface area contributed by atoms with Gasteiger partial charge in [-0.2, -0.15) is 0 Å². The highest BCUT2D eigenvalue weighted by Crippen LogP contribution is 2.08. The van der Waals surface area contributed by atoms with Crippen LogP contribution in [0.15, 0.2) is 24.3 Å². The molecule has 1 rings (SSSR count). The summed E-state index contributed by atoms with van der Waals surface area (Å²) < 4.78 is 23.2. The van der Waals surface area contributed by atoms with E-state index in [2.05, 4.69) is 5.32 Å². The Morgan fingerprint density at radius 2 is 2.05 bits per heavy atom. The summed E-state index contributed by atoms with van der Waals surface area (Å²) in [4.78, 5) is 22.6. The molecule has 0 bridgehead atoms. The first-order valence-corrected chi connectivity index (χ1v) is 6.72. The summed E-state index contributed by atoms with van der Waals surface area (Å²) in [6, 6.07) is 4.52. The van der Waals surface area contributed by atoms with Crippen LogP contribution in [0.25, 0.3) is 0 Å². The van der Waals surface area contributed by atoms with E-state index in [9.17, 15) is 14.0 Å². The van der Waals surface area contributed by atoms with E-state index in [4.69, 9.17) is 14.6 Å². The Balaban J connectivity index is 2.48. The van der Waals surface area contributed by atoms with Crippen molar-refractivity contribution in [2.75, 3.05) is 6.61 Å². The zero-order valence-electron chi connectivity index (χ0n) is 12.8. The summed E-state index contributed by atoms with van der Waals surface area (Å²) >= 11 is 0. The van der Waals surface area contributed by atoms with Crippen molar-refractivity contribution in [3.8, 4) is 0 Å². The van der Waals surface area contributed by atoms with E-state index in [0.717, 1.165) is 0 Å². The maximum absolute atomic E-state index is 13.0. The van der Waals surface area contributed by atoms with E-state index in [1.807, 2.05) is 0 Å². The van der Waals surface area contributed by atoms with Crippen LogP contribution in [-0.2, 0) is 20.9 Å². The zero-order chi connectivity index (χ0) is 16.8. The van der Waals surface area contributed by atoms with Crippen LogP contribution < -0.4 is 5.32 Å². The van der Waals surface area contributed by atoms with Crippen molar-refractivity contribution in [3.63, 3.8) is 0 Å². The number of hydrogen-bond donors (Lipinski definition) is 2. The largest absolute Gasteiger partial charge is 0.480 e. The molecule has 0 radical (unpaired) electrons. The number of carboxylic acids is 1. The summed E-state index contributed by atoms with van der Waals surface area (Å²) in [6.07, 6.45) is -0.839. The molecule has 0 aliphatic heterocycles. The van der Waals surface area contributed by atoms with Crippen LogP contribution >= 0.6 is 0 Å². The van der Waals surface area contributed by atoms with Crippen LogP contribution in [0, 0.1) is 5.82 Å². The second-order valence-corrected chi connectivity index (χ2v) is 5.68. The first-order chi connectivity index (χ1) is 10.2. The highest BCUT2D eigenvalue weighted by atomic mass is 19.1. The number of carbonyl (C=O) groups excluding carboxylic acids is 1. The maximum Gasteiger partial charge on any atom is 0.408 e. The van der Waals surface area contributed by atoms with E-state index in [1.165, 1.54) is 18.2 Å². The first-order valence-electron chi connectivity index (χ1n) is 6.72. The van der Waals surface area contributed by atoms with Crippen LogP contribution in [0.3, 0.4) is 0 Å². The number of aliphatic carboxylic acids is 1. The van der Waals surface area contributed by atoms with Crippen molar-refractivity contribution in [1.82, 2.24) is 5.32 Å². The second-order valence-electron chi connectivity index (χ2n) is 5.68. The fourth-order valence-corrected chi connectivity index (χ4v) is 1.55. The Bertz CT molecular complexity index is 527. The summed E-state index contributed by atoms with van der Waals surface area (Å²) in [5, 5.41) is 11.3. The highest BCUT2D eigenvalue weighted by Gasteiger charge is 2.24. The van der Waals surface area contributed by atoms with E-state index >= 15 is 0 Å². The molecule has 1 atom stereocenters. The number of amides is 1. The molecular formula is C15H20FNO5. The lowest BCUT2D eigenvalue weighted by molar-refractivity contribution is -0.141.